The van der Waals surface area contributed by atoms with Crippen LogP contribution in [-0.4, -0.2) is 9.78 Å². The number of hydrogen-bond donors (Lipinski definition) is 0. The van der Waals surface area contributed by atoms with Gasteiger partial charge in [-0.2, -0.15) is 5.10 Å². The van der Waals surface area contributed by atoms with Crippen LogP contribution in [0.25, 0.3) is 11.3 Å². The molecule has 1 heterocycles. The van der Waals surface area contributed by atoms with E-state index in [0.29, 0.717) is 0 Å². The van der Waals surface area contributed by atoms with E-state index in [1.165, 1.54) is 0 Å². The number of aromatic nitrogens is 2. The fourth-order valence-electron chi connectivity index (χ4n) is 1.75. The topological polar surface area (TPSA) is 17.8 Å². The first-order valence-corrected chi connectivity index (χ1v) is 7.17. The summed E-state index contributed by atoms with van der Waals surface area (Å²) in [5.41, 5.74) is 3.02. The minimum atomic E-state index is 0.722. The highest BCUT2D eigenvalue weighted by molar-refractivity contribution is 9.11. The van der Waals surface area contributed by atoms with E-state index in [1.807, 2.05) is 29.9 Å². The van der Waals surface area contributed by atoms with Crippen molar-refractivity contribution >= 4 is 43.5 Å². The Morgan fingerprint density at radius 3 is 2.65 bits per heavy atom. The highest BCUT2D eigenvalue weighted by Crippen LogP contribution is 2.36. The van der Waals surface area contributed by atoms with E-state index in [9.17, 15) is 0 Å². The zero-order chi connectivity index (χ0) is 12.6. The fraction of sp³-hybridized carbons (Fsp3) is 0.250. The van der Waals surface area contributed by atoms with Crippen molar-refractivity contribution in [1.82, 2.24) is 9.78 Å². The SMILES string of the molecule is CCc1nn(C)c(-c2cc(Br)ccc2Cl)c1Br. The summed E-state index contributed by atoms with van der Waals surface area (Å²) in [6.07, 6.45) is 0.889. The Hall–Kier alpha value is -0.320. The fourth-order valence-corrected chi connectivity index (χ4v) is 3.15. The summed E-state index contributed by atoms with van der Waals surface area (Å²) in [4.78, 5) is 0. The first kappa shape index (κ1) is 13.1. The molecule has 0 saturated heterocycles. The van der Waals surface area contributed by atoms with E-state index >= 15 is 0 Å². The molecule has 0 N–H and O–H groups in total. The van der Waals surface area contributed by atoms with Gasteiger partial charge in [-0.3, -0.25) is 4.68 Å². The number of hydrogen-bond acceptors (Lipinski definition) is 1. The van der Waals surface area contributed by atoms with Gasteiger partial charge in [0.1, 0.15) is 0 Å². The molecule has 5 heteroatoms. The van der Waals surface area contributed by atoms with E-state index in [1.54, 1.807) is 0 Å². The molecule has 0 fully saturated rings. The molecule has 90 valence electrons. The minimum Gasteiger partial charge on any atom is -0.266 e. The van der Waals surface area contributed by atoms with Crippen LogP contribution in [0, 0.1) is 0 Å². The molecule has 0 aliphatic carbocycles. The lowest BCUT2D eigenvalue weighted by Gasteiger charge is -2.06. The normalized spacial score (nSPS) is 10.9. The van der Waals surface area contributed by atoms with Gasteiger partial charge >= 0.3 is 0 Å². The van der Waals surface area contributed by atoms with Crippen LogP contribution in [-0.2, 0) is 13.5 Å². The van der Waals surface area contributed by atoms with Crippen LogP contribution in [0.1, 0.15) is 12.6 Å². The van der Waals surface area contributed by atoms with Crippen molar-refractivity contribution in [1.29, 1.82) is 0 Å². The molecule has 0 unspecified atom stereocenters. The Labute approximate surface area is 122 Å². The molecule has 0 aliphatic rings. The molecule has 0 aliphatic heterocycles. The van der Waals surface area contributed by atoms with Gasteiger partial charge in [-0.15, -0.1) is 0 Å². The third-order valence-corrected chi connectivity index (χ3v) is 4.23. The third kappa shape index (κ3) is 2.44. The predicted octanol–water partition coefficient (Wildman–Crippen LogP) is 4.83. The highest BCUT2D eigenvalue weighted by atomic mass is 79.9. The van der Waals surface area contributed by atoms with Crippen LogP contribution in [0.5, 0.6) is 0 Å². The maximum Gasteiger partial charge on any atom is 0.0839 e. The minimum absolute atomic E-state index is 0.722. The zero-order valence-electron chi connectivity index (χ0n) is 9.47. The van der Waals surface area contributed by atoms with E-state index in [2.05, 4.69) is 43.9 Å². The van der Waals surface area contributed by atoms with Crippen molar-refractivity contribution in [3.63, 3.8) is 0 Å². The van der Waals surface area contributed by atoms with Crippen LogP contribution in [0.15, 0.2) is 27.1 Å². The summed E-state index contributed by atoms with van der Waals surface area (Å²) in [5, 5.41) is 5.19. The van der Waals surface area contributed by atoms with Crippen LogP contribution in [0.3, 0.4) is 0 Å². The molecular weight excluding hydrogens is 367 g/mol. The molecule has 1 aromatic heterocycles. The first-order chi connectivity index (χ1) is 8.04. The number of nitrogens with zero attached hydrogens (tertiary/aromatic N) is 2. The molecule has 0 bridgehead atoms. The van der Waals surface area contributed by atoms with Gasteiger partial charge in [0.05, 0.1) is 20.9 Å². The number of rotatable bonds is 2. The van der Waals surface area contributed by atoms with Gasteiger partial charge in [0, 0.05) is 17.1 Å². The summed E-state index contributed by atoms with van der Waals surface area (Å²) >= 11 is 13.3. The van der Waals surface area contributed by atoms with Crippen molar-refractivity contribution in [2.24, 2.45) is 7.05 Å². The molecule has 0 spiro atoms. The summed E-state index contributed by atoms with van der Waals surface area (Å²) < 4.78 is 3.88. The Kier molecular flexibility index (Phi) is 3.95. The van der Waals surface area contributed by atoms with Gasteiger partial charge in [0.25, 0.3) is 0 Å². The Morgan fingerprint density at radius 1 is 1.35 bits per heavy atom. The standard InChI is InChI=1S/C12H11Br2ClN2/c1-3-10-11(14)12(17(2)16-10)8-6-7(13)4-5-9(8)15/h4-6H,3H2,1-2H3. The van der Waals surface area contributed by atoms with Crippen molar-refractivity contribution < 1.29 is 0 Å². The van der Waals surface area contributed by atoms with E-state index in [4.69, 9.17) is 11.6 Å². The average Bonchev–Trinajstić information content (AvgIpc) is 2.58. The lowest BCUT2D eigenvalue weighted by Crippen LogP contribution is -1.95. The van der Waals surface area contributed by atoms with Gasteiger partial charge < -0.3 is 0 Å². The van der Waals surface area contributed by atoms with Gasteiger partial charge in [0.15, 0.2) is 0 Å². The molecule has 1 aromatic carbocycles. The molecule has 2 aromatic rings. The van der Waals surface area contributed by atoms with Crippen LogP contribution in [0.4, 0.5) is 0 Å². The monoisotopic (exact) mass is 376 g/mol. The predicted molar refractivity (Wildman–Crippen MR) is 78.4 cm³/mol. The quantitative estimate of drug-likeness (QED) is 0.732. The van der Waals surface area contributed by atoms with Crippen molar-refractivity contribution in [3.8, 4) is 11.3 Å². The zero-order valence-corrected chi connectivity index (χ0v) is 13.4. The molecular formula is C12H11Br2ClN2. The average molecular weight is 378 g/mol. The maximum absolute atomic E-state index is 6.24. The Morgan fingerprint density at radius 2 is 2.06 bits per heavy atom. The molecule has 17 heavy (non-hydrogen) atoms. The summed E-state index contributed by atoms with van der Waals surface area (Å²) in [7, 11) is 1.93. The second kappa shape index (κ2) is 5.12. The largest absolute Gasteiger partial charge is 0.266 e. The second-order valence-corrected chi connectivity index (χ2v) is 5.83. The summed E-state index contributed by atoms with van der Waals surface area (Å²) in [6.45, 7) is 2.08. The highest BCUT2D eigenvalue weighted by Gasteiger charge is 2.16. The molecule has 2 rings (SSSR count). The smallest absolute Gasteiger partial charge is 0.0839 e. The summed E-state index contributed by atoms with van der Waals surface area (Å²) in [6, 6.07) is 5.81. The molecule has 0 radical (unpaired) electrons. The molecule has 0 saturated carbocycles. The van der Waals surface area contributed by atoms with Crippen molar-refractivity contribution in [2.45, 2.75) is 13.3 Å². The number of aryl methyl sites for hydroxylation is 2. The first-order valence-electron chi connectivity index (χ1n) is 5.21. The van der Waals surface area contributed by atoms with Gasteiger partial charge in [-0.05, 0) is 40.5 Å². The Balaban J connectivity index is 2.68. The van der Waals surface area contributed by atoms with Crippen LogP contribution >= 0.6 is 43.5 Å². The molecule has 0 atom stereocenters. The van der Waals surface area contributed by atoms with Crippen LogP contribution in [0.2, 0.25) is 5.02 Å². The van der Waals surface area contributed by atoms with E-state index < -0.39 is 0 Å². The lowest BCUT2D eigenvalue weighted by molar-refractivity contribution is 0.753. The van der Waals surface area contributed by atoms with Crippen molar-refractivity contribution in [3.05, 3.63) is 37.9 Å². The summed E-state index contributed by atoms with van der Waals surface area (Å²) in [5.74, 6) is 0. The van der Waals surface area contributed by atoms with Gasteiger partial charge in [-0.1, -0.05) is 34.5 Å². The maximum atomic E-state index is 6.24. The lowest BCUT2D eigenvalue weighted by atomic mass is 10.1. The number of benzene rings is 1. The van der Waals surface area contributed by atoms with Crippen molar-refractivity contribution in [2.75, 3.05) is 0 Å². The van der Waals surface area contributed by atoms with Crippen LogP contribution < -0.4 is 0 Å². The van der Waals surface area contributed by atoms with Gasteiger partial charge in [-0.25, -0.2) is 0 Å². The Bertz CT molecular complexity index is 564. The molecule has 2 nitrogen and oxygen atoms in total. The van der Waals surface area contributed by atoms with Gasteiger partial charge in [0.2, 0.25) is 0 Å². The molecule has 0 amide bonds. The van der Waals surface area contributed by atoms with E-state index in [0.717, 1.165) is 37.3 Å². The van der Waals surface area contributed by atoms with E-state index in [-0.39, 0.29) is 0 Å². The third-order valence-electron chi connectivity index (χ3n) is 2.57. The number of halogens is 3. The second-order valence-electron chi connectivity index (χ2n) is 3.71.